The predicted molar refractivity (Wildman–Crippen MR) is 82.0 cm³/mol. The lowest BCUT2D eigenvalue weighted by atomic mass is 10.1. The summed E-state index contributed by atoms with van der Waals surface area (Å²) in [6, 6.07) is 4.24. The number of sulfonamides is 1. The maximum atomic E-state index is 12.2. The number of nitrogens with two attached hydrogens (primary N) is 1. The summed E-state index contributed by atoms with van der Waals surface area (Å²) >= 11 is 3.25. The second kappa shape index (κ2) is 7.19. The number of primary sulfonamides is 1. The topological polar surface area (TPSA) is 89.3 Å². The van der Waals surface area contributed by atoms with E-state index >= 15 is 0 Å². The highest BCUT2D eigenvalue weighted by Gasteiger charge is 2.17. The number of rotatable bonds is 6. The van der Waals surface area contributed by atoms with E-state index in [1.165, 1.54) is 18.2 Å². The highest BCUT2D eigenvalue weighted by Crippen LogP contribution is 2.21. The van der Waals surface area contributed by atoms with Crippen LogP contribution in [0.15, 0.2) is 27.6 Å². The average molecular weight is 363 g/mol. The van der Waals surface area contributed by atoms with Gasteiger partial charge in [0.2, 0.25) is 10.0 Å². The maximum Gasteiger partial charge on any atom is 0.252 e. The van der Waals surface area contributed by atoms with Gasteiger partial charge in [0.25, 0.3) is 5.91 Å². The predicted octanol–water partition coefficient (Wildman–Crippen LogP) is 2.41. The van der Waals surface area contributed by atoms with Gasteiger partial charge in [-0.2, -0.15) is 0 Å². The third-order valence-electron chi connectivity index (χ3n) is 2.98. The molecule has 0 fully saturated rings. The number of halogens is 1. The van der Waals surface area contributed by atoms with Gasteiger partial charge in [0.05, 0.1) is 10.5 Å². The molecule has 0 heterocycles. The molecule has 0 saturated heterocycles. The molecular weight excluding hydrogens is 344 g/mol. The van der Waals surface area contributed by atoms with Crippen LogP contribution in [0.5, 0.6) is 0 Å². The van der Waals surface area contributed by atoms with E-state index in [4.69, 9.17) is 5.14 Å². The second-order valence-electron chi connectivity index (χ2n) is 4.55. The Morgan fingerprint density at radius 3 is 2.55 bits per heavy atom. The Labute approximate surface area is 128 Å². The minimum atomic E-state index is -3.82. The third kappa shape index (κ3) is 4.57. The van der Waals surface area contributed by atoms with Crippen LogP contribution in [0, 0.1) is 0 Å². The number of hydrogen-bond donors (Lipinski definition) is 2. The Kier molecular flexibility index (Phi) is 6.16. The molecule has 0 bridgehead atoms. The van der Waals surface area contributed by atoms with E-state index < -0.39 is 10.0 Å². The van der Waals surface area contributed by atoms with E-state index in [0.29, 0.717) is 4.47 Å². The molecule has 0 aliphatic rings. The molecular formula is C13H19BrN2O3S. The lowest BCUT2D eigenvalue weighted by Gasteiger charge is -2.17. The quantitative estimate of drug-likeness (QED) is 0.813. The van der Waals surface area contributed by atoms with Crippen molar-refractivity contribution in [1.82, 2.24) is 5.32 Å². The number of carbonyl (C=O) groups excluding carboxylic acids is 1. The Balaban J connectivity index is 3.03. The zero-order valence-electron chi connectivity index (χ0n) is 11.5. The monoisotopic (exact) mass is 362 g/mol. The first-order valence-corrected chi connectivity index (χ1v) is 8.76. The smallest absolute Gasteiger partial charge is 0.252 e. The molecule has 7 heteroatoms. The molecule has 3 N–H and O–H groups in total. The van der Waals surface area contributed by atoms with Crippen LogP contribution in [0.25, 0.3) is 0 Å². The van der Waals surface area contributed by atoms with E-state index in [9.17, 15) is 13.2 Å². The van der Waals surface area contributed by atoms with Gasteiger partial charge in [0.1, 0.15) is 0 Å². The molecule has 1 aromatic carbocycles. The average Bonchev–Trinajstić information content (AvgIpc) is 2.37. The summed E-state index contributed by atoms with van der Waals surface area (Å²) in [5.41, 5.74) is 0.270. The lowest BCUT2D eigenvalue weighted by Crippen LogP contribution is -2.34. The second-order valence-corrected chi connectivity index (χ2v) is 6.97. The Bertz CT molecular complexity index is 587. The van der Waals surface area contributed by atoms with Crippen LogP contribution < -0.4 is 10.5 Å². The summed E-state index contributed by atoms with van der Waals surface area (Å²) in [7, 11) is -3.82. The third-order valence-corrected chi connectivity index (χ3v) is 4.58. The Hall–Kier alpha value is -0.920. The zero-order chi connectivity index (χ0) is 15.3. The van der Waals surface area contributed by atoms with Gasteiger partial charge in [0, 0.05) is 10.5 Å². The summed E-state index contributed by atoms with van der Waals surface area (Å²) in [5, 5.41) is 7.98. The number of benzene rings is 1. The van der Waals surface area contributed by atoms with Crippen molar-refractivity contribution in [3.63, 3.8) is 0 Å². The van der Waals surface area contributed by atoms with Gasteiger partial charge in [-0.1, -0.05) is 20.3 Å². The van der Waals surface area contributed by atoms with Crippen molar-refractivity contribution in [1.29, 1.82) is 0 Å². The fraction of sp³-hybridized carbons (Fsp3) is 0.462. The van der Waals surface area contributed by atoms with Gasteiger partial charge < -0.3 is 5.32 Å². The maximum absolute atomic E-state index is 12.2. The minimum absolute atomic E-state index is 0.0746. The van der Waals surface area contributed by atoms with Crippen LogP contribution >= 0.6 is 15.9 Å². The minimum Gasteiger partial charge on any atom is -0.349 e. The standard InChI is InChI=1S/C13H19BrN2O3S/c1-3-5-9(4-2)16-13(17)11-8-10(20(15,18)19)6-7-12(11)14/h6-9H,3-5H2,1-2H3,(H,16,17)(H2,15,18,19). The first kappa shape index (κ1) is 17.1. The van der Waals surface area contributed by atoms with Crippen molar-refractivity contribution >= 4 is 31.9 Å². The molecule has 1 atom stereocenters. The summed E-state index contributed by atoms with van der Waals surface area (Å²) in [4.78, 5) is 12.1. The molecule has 5 nitrogen and oxygen atoms in total. The molecule has 0 saturated carbocycles. The normalized spacial score (nSPS) is 13.0. The largest absolute Gasteiger partial charge is 0.349 e. The van der Waals surface area contributed by atoms with Crippen molar-refractivity contribution in [2.75, 3.05) is 0 Å². The molecule has 0 spiro atoms. The highest BCUT2D eigenvalue weighted by molar-refractivity contribution is 9.10. The van der Waals surface area contributed by atoms with Crippen molar-refractivity contribution < 1.29 is 13.2 Å². The number of carbonyl (C=O) groups is 1. The zero-order valence-corrected chi connectivity index (χ0v) is 13.9. The molecule has 0 aliphatic heterocycles. The van der Waals surface area contributed by atoms with Crippen molar-refractivity contribution in [3.05, 3.63) is 28.2 Å². The van der Waals surface area contributed by atoms with Gasteiger partial charge in [-0.05, 0) is 47.0 Å². The first-order chi connectivity index (χ1) is 9.29. The van der Waals surface area contributed by atoms with Crippen LogP contribution in [0.4, 0.5) is 0 Å². The Morgan fingerprint density at radius 1 is 1.40 bits per heavy atom. The molecule has 0 aromatic heterocycles. The highest BCUT2D eigenvalue weighted by atomic mass is 79.9. The lowest BCUT2D eigenvalue weighted by molar-refractivity contribution is 0.0932. The molecule has 1 aromatic rings. The van der Waals surface area contributed by atoms with Crippen LogP contribution in [-0.2, 0) is 10.0 Å². The van der Waals surface area contributed by atoms with E-state index in [-0.39, 0.29) is 22.4 Å². The van der Waals surface area contributed by atoms with Gasteiger partial charge in [-0.25, -0.2) is 13.6 Å². The summed E-state index contributed by atoms with van der Waals surface area (Å²) in [5.74, 6) is -0.303. The molecule has 112 valence electrons. The van der Waals surface area contributed by atoms with Gasteiger partial charge in [0.15, 0.2) is 0 Å². The SMILES string of the molecule is CCCC(CC)NC(=O)c1cc(S(N)(=O)=O)ccc1Br. The first-order valence-electron chi connectivity index (χ1n) is 6.42. The van der Waals surface area contributed by atoms with E-state index in [2.05, 4.69) is 21.2 Å². The Morgan fingerprint density at radius 2 is 2.05 bits per heavy atom. The van der Waals surface area contributed by atoms with Gasteiger partial charge in [-0.3, -0.25) is 4.79 Å². The van der Waals surface area contributed by atoms with Gasteiger partial charge in [-0.15, -0.1) is 0 Å². The summed E-state index contributed by atoms with van der Waals surface area (Å²) in [6.45, 7) is 4.04. The van der Waals surface area contributed by atoms with E-state index in [0.717, 1.165) is 19.3 Å². The number of hydrogen-bond acceptors (Lipinski definition) is 3. The van der Waals surface area contributed by atoms with Crippen molar-refractivity contribution in [2.45, 2.75) is 44.0 Å². The molecule has 1 amide bonds. The van der Waals surface area contributed by atoms with Crippen molar-refractivity contribution in [3.8, 4) is 0 Å². The van der Waals surface area contributed by atoms with Crippen molar-refractivity contribution in [2.24, 2.45) is 5.14 Å². The van der Waals surface area contributed by atoms with Crippen LogP contribution in [0.3, 0.4) is 0 Å². The summed E-state index contributed by atoms with van der Waals surface area (Å²) in [6.07, 6.45) is 2.68. The van der Waals surface area contributed by atoms with Crippen LogP contribution in [0.1, 0.15) is 43.5 Å². The number of nitrogens with one attached hydrogen (secondary N) is 1. The fourth-order valence-corrected chi connectivity index (χ4v) is 2.81. The molecule has 0 radical (unpaired) electrons. The van der Waals surface area contributed by atoms with E-state index in [1.54, 1.807) is 0 Å². The molecule has 20 heavy (non-hydrogen) atoms. The van der Waals surface area contributed by atoms with Crippen LogP contribution in [-0.4, -0.2) is 20.4 Å². The van der Waals surface area contributed by atoms with Crippen LogP contribution in [0.2, 0.25) is 0 Å². The van der Waals surface area contributed by atoms with E-state index in [1.807, 2.05) is 13.8 Å². The molecule has 1 unspecified atom stereocenters. The van der Waals surface area contributed by atoms with Gasteiger partial charge >= 0.3 is 0 Å². The number of amides is 1. The fourth-order valence-electron chi connectivity index (χ4n) is 1.85. The molecule has 0 aliphatic carbocycles. The summed E-state index contributed by atoms with van der Waals surface area (Å²) < 4.78 is 23.2. The molecule has 1 rings (SSSR count).